The molecule has 0 aliphatic rings. The minimum Gasteiger partial charge on any atom is -0.478 e. The van der Waals surface area contributed by atoms with E-state index >= 15 is 0 Å². The predicted octanol–water partition coefficient (Wildman–Crippen LogP) is 2.74. The lowest BCUT2D eigenvalue weighted by atomic mass is 10.2. The number of furan rings is 1. The Kier molecular flexibility index (Phi) is 5.56. The van der Waals surface area contributed by atoms with Gasteiger partial charge in [-0.05, 0) is 51.1 Å². The molecule has 140 valence electrons. The van der Waals surface area contributed by atoms with E-state index in [9.17, 15) is 18.0 Å². The molecule has 1 aromatic heterocycles. The third-order valence-electron chi connectivity index (χ3n) is 3.99. The van der Waals surface area contributed by atoms with Crippen molar-refractivity contribution in [3.05, 3.63) is 53.0 Å². The molecule has 2 rings (SSSR count). The van der Waals surface area contributed by atoms with E-state index in [-0.39, 0.29) is 28.7 Å². The predicted molar refractivity (Wildman–Crippen MR) is 95.0 cm³/mol. The second-order valence-electron chi connectivity index (χ2n) is 6.27. The Morgan fingerprint density at radius 3 is 2.23 bits per heavy atom. The normalized spacial score (nSPS) is 11.6. The van der Waals surface area contributed by atoms with Gasteiger partial charge in [0.15, 0.2) is 9.84 Å². The summed E-state index contributed by atoms with van der Waals surface area (Å²) in [5, 5.41) is 8.50. The number of carbonyl (C=O) groups is 2. The maximum absolute atomic E-state index is 12.5. The van der Waals surface area contributed by atoms with Gasteiger partial charge in [-0.3, -0.25) is 4.79 Å². The average molecular weight is 379 g/mol. The third kappa shape index (κ3) is 3.96. The van der Waals surface area contributed by atoms with Crippen molar-refractivity contribution >= 4 is 21.7 Å². The number of amides is 1. The number of aryl methyl sites for hydroxylation is 1. The summed E-state index contributed by atoms with van der Waals surface area (Å²) in [5.74, 6) is -0.788. The number of rotatable bonds is 6. The Balaban J connectivity index is 2.16. The van der Waals surface area contributed by atoms with Gasteiger partial charge >= 0.3 is 5.97 Å². The fourth-order valence-electron chi connectivity index (χ4n) is 2.42. The summed E-state index contributed by atoms with van der Waals surface area (Å²) in [5.41, 5.74) is 0.390. The molecule has 0 unspecified atom stereocenters. The van der Waals surface area contributed by atoms with E-state index in [1.807, 2.05) is 0 Å². The summed E-state index contributed by atoms with van der Waals surface area (Å²) in [6, 6.07) is 7.14. The van der Waals surface area contributed by atoms with Gasteiger partial charge in [0, 0.05) is 12.6 Å². The van der Waals surface area contributed by atoms with E-state index in [0.29, 0.717) is 11.3 Å². The third-order valence-corrected chi connectivity index (χ3v) is 6.16. The van der Waals surface area contributed by atoms with Crippen molar-refractivity contribution in [3.63, 3.8) is 0 Å². The van der Waals surface area contributed by atoms with Crippen LogP contribution in [0, 0.1) is 6.92 Å². The molecule has 0 aliphatic heterocycles. The Hall–Kier alpha value is -2.61. The van der Waals surface area contributed by atoms with Crippen molar-refractivity contribution in [2.75, 3.05) is 7.05 Å². The first-order valence-electron chi connectivity index (χ1n) is 7.96. The minimum atomic E-state index is -3.39. The molecule has 0 bridgehead atoms. The van der Waals surface area contributed by atoms with Crippen LogP contribution in [0.3, 0.4) is 0 Å². The summed E-state index contributed by atoms with van der Waals surface area (Å²) in [4.78, 5) is 25.1. The van der Waals surface area contributed by atoms with E-state index in [1.54, 1.807) is 27.8 Å². The zero-order valence-corrected chi connectivity index (χ0v) is 15.8. The zero-order chi connectivity index (χ0) is 19.6. The highest BCUT2D eigenvalue weighted by Crippen LogP contribution is 2.19. The molecule has 0 saturated carbocycles. The van der Waals surface area contributed by atoms with Crippen LogP contribution in [0.25, 0.3) is 0 Å². The monoisotopic (exact) mass is 379 g/mol. The fourth-order valence-corrected chi connectivity index (χ4v) is 3.48. The topological polar surface area (TPSA) is 105 Å². The number of sulfone groups is 1. The second kappa shape index (κ2) is 7.33. The molecule has 26 heavy (non-hydrogen) atoms. The largest absolute Gasteiger partial charge is 0.478 e. The molecular formula is C18H21NO6S. The fraction of sp³-hybridized carbons (Fsp3) is 0.333. The molecule has 1 aromatic carbocycles. The van der Waals surface area contributed by atoms with E-state index < -0.39 is 21.1 Å². The molecule has 8 heteroatoms. The standard InChI is InChI=1S/C18H21NO6S/c1-11(2)26(23,24)15-7-5-13(6-8-15)17(20)19(4)10-14-9-16(18(21)22)12(3)25-14/h5-9,11H,10H2,1-4H3,(H,21,22). The van der Waals surface area contributed by atoms with Crippen molar-refractivity contribution in [1.82, 2.24) is 4.90 Å². The Morgan fingerprint density at radius 2 is 1.77 bits per heavy atom. The molecule has 0 fully saturated rings. The summed E-state index contributed by atoms with van der Waals surface area (Å²) in [7, 11) is -1.84. The lowest BCUT2D eigenvalue weighted by Crippen LogP contribution is -2.26. The number of hydrogen-bond acceptors (Lipinski definition) is 5. The van der Waals surface area contributed by atoms with Gasteiger partial charge in [0.25, 0.3) is 5.91 Å². The van der Waals surface area contributed by atoms with Crippen molar-refractivity contribution in [2.24, 2.45) is 0 Å². The lowest BCUT2D eigenvalue weighted by molar-refractivity contribution is 0.0694. The number of carbonyl (C=O) groups excluding carboxylic acids is 1. The second-order valence-corrected chi connectivity index (χ2v) is 8.77. The number of aromatic carboxylic acids is 1. The molecule has 0 spiro atoms. The smallest absolute Gasteiger partial charge is 0.339 e. The van der Waals surface area contributed by atoms with Gasteiger partial charge in [-0.15, -0.1) is 0 Å². The quantitative estimate of drug-likeness (QED) is 0.827. The van der Waals surface area contributed by atoms with Gasteiger partial charge < -0.3 is 14.4 Å². The van der Waals surface area contributed by atoms with Crippen LogP contribution >= 0.6 is 0 Å². The Morgan fingerprint density at radius 1 is 1.19 bits per heavy atom. The van der Waals surface area contributed by atoms with Crippen molar-refractivity contribution in [1.29, 1.82) is 0 Å². The van der Waals surface area contributed by atoms with Gasteiger partial charge in [0.05, 0.1) is 16.7 Å². The number of carboxylic acid groups (broad SMARTS) is 1. The molecule has 0 aliphatic carbocycles. The van der Waals surface area contributed by atoms with Crippen LogP contribution in [-0.2, 0) is 16.4 Å². The summed E-state index contributed by atoms with van der Waals surface area (Å²) >= 11 is 0. The van der Waals surface area contributed by atoms with Crippen LogP contribution in [0.4, 0.5) is 0 Å². The van der Waals surface area contributed by atoms with Crippen LogP contribution in [0.2, 0.25) is 0 Å². The van der Waals surface area contributed by atoms with Gasteiger partial charge in [-0.2, -0.15) is 0 Å². The Bertz CT molecular complexity index is 925. The van der Waals surface area contributed by atoms with Crippen LogP contribution in [0.15, 0.2) is 39.6 Å². The Labute approximate surface area is 152 Å². The van der Waals surface area contributed by atoms with Crippen LogP contribution < -0.4 is 0 Å². The summed E-state index contributed by atoms with van der Waals surface area (Å²) in [6.07, 6.45) is 0. The van der Waals surface area contributed by atoms with Crippen molar-refractivity contribution < 1.29 is 27.5 Å². The first-order valence-corrected chi connectivity index (χ1v) is 9.50. The first-order chi connectivity index (χ1) is 12.0. The molecule has 7 nitrogen and oxygen atoms in total. The highest BCUT2D eigenvalue weighted by Gasteiger charge is 2.21. The molecule has 0 saturated heterocycles. The van der Waals surface area contributed by atoms with Crippen LogP contribution in [0.5, 0.6) is 0 Å². The molecule has 1 N–H and O–H groups in total. The molecular weight excluding hydrogens is 358 g/mol. The zero-order valence-electron chi connectivity index (χ0n) is 15.0. The first kappa shape index (κ1) is 19.7. The average Bonchev–Trinajstić information content (AvgIpc) is 2.94. The molecule has 1 heterocycles. The minimum absolute atomic E-state index is 0.0593. The maximum Gasteiger partial charge on any atom is 0.339 e. The molecule has 1 amide bonds. The van der Waals surface area contributed by atoms with Crippen molar-refractivity contribution in [2.45, 2.75) is 37.5 Å². The number of nitrogens with zero attached hydrogens (tertiary/aromatic N) is 1. The highest BCUT2D eigenvalue weighted by molar-refractivity contribution is 7.92. The van der Waals surface area contributed by atoms with E-state index in [0.717, 1.165) is 0 Å². The van der Waals surface area contributed by atoms with Gasteiger partial charge in [0.2, 0.25) is 0 Å². The summed E-state index contributed by atoms with van der Waals surface area (Å²) < 4.78 is 29.6. The van der Waals surface area contributed by atoms with Gasteiger partial charge in [0.1, 0.15) is 17.1 Å². The van der Waals surface area contributed by atoms with Crippen molar-refractivity contribution in [3.8, 4) is 0 Å². The number of carboxylic acids is 1. The van der Waals surface area contributed by atoms with Gasteiger partial charge in [-0.1, -0.05) is 0 Å². The molecule has 0 atom stereocenters. The number of hydrogen-bond donors (Lipinski definition) is 1. The van der Waals surface area contributed by atoms with Crippen LogP contribution in [0.1, 0.15) is 46.1 Å². The van der Waals surface area contributed by atoms with Gasteiger partial charge in [-0.25, -0.2) is 13.2 Å². The highest BCUT2D eigenvalue weighted by atomic mass is 32.2. The van der Waals surface area contributed by atoms with E-state index in [2.05, 4.69) is 0 Å². The molecule has 0 radical (unpaired) electrons. The van der Waals surface area contributed by atoms with Crippen LogP contribution in [-0.4, -0.2) is 42.6 Å². The SMILES string of the molecule is Cc1oc(CN(C)C(=O)c2ccc(S(=O)(=O)C(C)C)cc2)cc1C(=O)O. The number of benzene rings is 1. The van der Waals surface area contributed by atoms with E-state index in [4.69, 9.17) is 9.52 Å². The molecule has 2 aromatic rings. The lowest BCUT2D eigenvalue weighted by Gasteiger charge is -2.16. The summed E-state index contributed by atoms with van der Waals surface area (Å²) in [6.45, 7) is 4.83. The van der Waals surface area contributed by atoms with E-state index in [1.165, 1.54) is 35.2 Å². The maximum atomic E-state index is 12.5.